The SMILES string of the molecule is CCCCN=C(N)/C=C\c1ncc(C#Cc2cncc(C(=O)Nc3ccc(CN4CCN(C)CC4)c(C(F)(F)F)c3)c2)[nH]1. The maximum absolute atomic E-state index is 13.9. The number of hydrogen-bond acceptors (Lipinski definition) is 6. The van der Waals surface area contributed by atoms with Crippen LogP contribution in [0.15, 0.2) is 53.9 Å². The number of rotatable bonds is 9. The van der Waals surface area contributed by atoms with Crippen molar-refractivity contribution in [1.82, 2.24) is 24.8 Å². The molecule has 1 aromatic carbocycles. The lowest BCUT2D eigenvalue weighted by Gasteiger charge is -2.33. The van der Waals surface area contributed by atoms with Gasteiger partial charge in [0.2, 0.25) is 0 Å². The van der Waals surface area contributed by atoms with Gasteiger partial charge in [-0.05, 0) is 55.3 Å². The van der Waals surface area contributed by atoms with E-state index in [1.165, 1.54) is 30.6 Å². The minimum atomic E-state index is -4.56. The predicted molar refractivity (Wildman–Crippen MR) is 161 cm³/mol. The Morgan fingerprint density at radius 2 is 1.95 bits per heavy atom. The Labute approximate surface area is 249 Å². The number of alkyl halides is 3. The van der Waals surface area contributed by atoms with Crippen molar-refractivity contribution in [2.45, 2.75) is 32.5 Å². The van der Waals surface area contributed by atoms with Gasteiger partial charge in [-0.15, -0.1) is 0 Å². The number of nitrogens with two attached hydrogens (primary N) is 1. The Balaban J connectivity index is 1.42. The van der Waals surface area contributed by atoms with E-state index in [0.29, 0.717) is 42.6 Å². The molecule has 0 saturated carbocycles. The quantitative estimate of drug-likeness (QED) is 0.147. The molecule has 0 atom stereocenters. The van der Waals surface area contributed by atoms with Gasteiger partial charge in [0.25, 0.3) is 5.91 Å². The zero-order valence-corrected chi connectivity index (χ0v) is 24.2. The number of amides is 1. The third kappa shape index (κ3) is 9.52. The zero-order chi connectivity index (χ0) is 30.8. The number of piperazine rings is 1. The smallest absolute Gasteiger partial charge is 0.384 e. The molecule has 3 heterocycles. The number of benzene rings is 1. The van der Waals surface area contributed by atoms with Crippen LogP contribution in [0.5, 0.6) is 0 Å². The van der Waals surface area contributed by atoms with Crippen molar-refractivity contribution in [3.63, 3.8) is 0 Å². The highest BCUT2D eigenvalue weighted by Crippen LogP contribution is 2.34. The number of likely N-dealkylation sites (N-methyl/N-ethyl adjacent to an activating group) is 1. The van der Waals surface area contributed by atoms with Crippen LogP contribution in [0.3, 0.4) is 0 Å². The van der Waals surface area contributed by atoms with Crippen LogP contribution in [0.4, 0.5) is 18.9 Å². The molecule has 0 aliphatic carbocycles. The molecule has 1 fully saturated rings. The summed E-state index contributed by atoms with van der Waals surface area (Å²) in [6.07, 6.45) is 5.20. The van der Waals surface area contributed by atoms with Crippen molar-refractivity contribution in [2.24, 2.45) is 10.7 Å². The molecule has 0 bridgehead atoms. The normalized spacial score (nSPS) is 15.0. The molecular formula is C31H35F3N8O. The average Bonchev–Trinajstić information content (AvgIpc) is 3.44. The summed E-state index contributed by atoms with van der Waals surface area (Å²) < 4.78 is 41.8. The number of H-pyrrole nitrogens is 1. The zero-order valence-electron chi connectivity index (χ0n) is 24.2. The van der Waals surface area contributed by atoms with E-state index < -0.39 is 17.6 Å². The molecule has 226 valence electrons. The van der Waals surface area contributed by atoms with Crippen LogP contribution in [0.2, 0.25) is 0 Å². The largest absolute Gasteiger partial charge is 0.416 e. The number of hydrogen-bond donors (Lipinski definition) is 3. The van der Waals surface area contributed by atoms with Crippen LogP contribution in [0, 0.1) is 11.8 Å². The van der Waals surface area contributed by atoms with Gasteiger partial charge in [-0.2, -0.15) is 13.2 Å². The van der Waals surface area contributed by atoms with Crippen molar-refractivity contribution in [1.29, 1.82) is 0 Å². The molecule has 1 amide bonds. The lowest BCUT2D eigenvalue weighted by atomic mass is 10.0. The van der Waals surface area contributed by atoms with Gasteiger partial charge in [0.05, 0.1) is 17.3 Å². The van der Waals surface area contributed by atoms with Crippen LogP contribution in [0.1, 0.15) is 58.3 Å². The van der Waals surface area contributed by atoms with E-state index in [0.717, 1.165) is 32.0 Å². The number of aromatic amines is 1. The first kappa shape index (κ1) is 31.5. The summed E-state index contributed by atoms with van der Waals surface area (Å²) in [4.78, 5) is 32.7. The van der Waals surface area contributed by atoms with E-state index in [4.69, 9.17) is 5.73 Å². The number of nitrogens with zero attached hydrogens (tertiary/aromatic N) is 5. The number of amidine groups is 1. The number of unbranched alkanes of at least 4 members (excludes halogenated alkanes) is 1. The monoisotopic (exact) mass is 592 g/mol. The fourth-order valence-electron chi connectivity index (χ4n) is 4.35. The van der Waals surface area contributed by atoms with E-state index in [2.05, 4.69) is 48.9 Å². The minimum absolute atomic E-state index is 0.0463. The third-order valence-corrected chi connectivity index (χ3v) is 6.82. The van der Waals surface area contributed by atoms with Crippen molar-refractivity contribution in [3.8, 4) is 11.8 Å². The van der Waals surface area contributed by atoms with Crippen LogP contribution >= 0.6 is 0 Å². The van der Waals surface area contributed by atoms with Gasteiger partial charge in [0.1, 0.15) is 17.4 Å². The number of aliphatic imine (C=N–C) groups is 1. The molecule has 4 rings (SSSR count). The van der Waals surface area contributed by atoms with Gasteiger partial charge in [-0.25, -0.2) is 4.98 Å². The molecule has 9 nitrogen and oxygen atoms in total. The highest BCUT2D eigenvalue weighted by Gasteiger charge is 2.34. The van der Waals surface area contributed by atoms with Gasteiger partial charge >= 0.3 is 6.18 Å². The number of halogens is 3. The first-order valence-electron chi connectivity index (χ1n) is 14.0. The summed E-state index contributed by atoms with van der Waals surface area (Å²) in [6.45, 7) is 5.94. The van der Waals surface area contributed by atoms with E-state index >= 15 is 0 Å². The van der Waals surface area contributed by atoms with Crippen LogP contribution in [-0.4, -0.2) is 76.3 Å². The molecule has 43 heavy (non-hydrogen) atoms. The van der Waals surface area contributed by atoms with Gasteiger partial charge < -0.3 is 20.9 Å². The van der Waals surface area contributed by atoms with Crippen molar-refractivity contribution in [3.05, 3.63) is 82.7 Å². The molecule has 12 heteroatoms. The van der Waals surface area contributed by atoms with E-state index in [-0.39, 0.29) is 23.4 Å². The molecule has 0 unspecified atom stereocenters. The number of carbonyl (C=O) groups is 1. The van der Waals surface area contributed by atoms with E-state index in [9.17, 15) is 18.0 Å². The minimum Gasteiger partial charge on any atom is -0.384 e. The number of aromatic nitrogens is 3. The molecule has 2 aromatic heterocycles. The van der Waals surface area contributed by atoms with Gasteiger partial charge in [0, 0.05) is 62.9 Å². The lowest BCUT2D eigenvalue weighted by molar-refractivity contribution is -0.138. The topological polar surface area (TPSA) is 116 Å². The van der Waals surface area contributed by atoms with Crippen LogP contribution in [-0.2, 0) is 12.7 Å². The van der Waals surface area contributed by atoms with Crippen molar-refractivity contribution < 1.29 is 18.0 Å². The average molecular weight is 593 g/mol. The summed E-state index contributed by atoms with van der Waals surface area (Å²) in [5.41, 5.74) is 6.47. The second-order valence-electron chi connectivity index (χ2n) is 10.3. The Hall–Kier alpha value is -4.47. The standard InChI is InChI=1S/C31H35F3N8O/c1-3-4-11-37-28(35)9-10-29-38-20-26(39-29)7-5-22-16-24(19-36-18-22)30(43)40-25-8-6-23(27(17-25)31(32,33)34)21-42-14-12-41(2)13-15-42/h6,8-10,16-20H,3-4,11-15,21H2,1-2H3,(H2,35,37)(H,38,39)(H,40,43)/b10-9-. The number of pyridine rings is 1. The number of carbonyl (C=O) groups excluding carboxylic acids is 1. The molecule has 1 saturated heterocycles. The fraction of sp³-hybridized carbons (Fsp3) is 0.355. The van der Waals surface area contributed by atoms with Crippen LogP contribution < -0.4 is 11.1 Å². The Kier molecular flexibility index (Phi) is 10.7. The molecule has 3 aromatic rings. The summed E-state index contributed by atoms with van der Waals surface area (Å²) in [6, 6.07) is 5.42. The summed E-state index contributed by atoms with van der Waals surface area (Å²) >= 11 is 0. The Morgan fingerprint density at radius 1 is 1.16 bits per heavy atom. The second kappa shape index (κ2) is 14.6. The maximum atomic E-state index is 13.9. The second-order valence-corrected chi connectivity index (χ2v) is 10.3. The van der Waals surface area contributed by atoms with E-state index in [1.807, 2.05) is 11.9 Å². The number of nitrogens with one attached hydrogen (secondary N) is 2. The van der Waals surface area contributed by atoms with Crippen molar-refractivity contribution >= 4 is 23.5 Å². The predicted octanol–water partition coefficient (Wildman–Crippen LogP) is 4.39. The summed E-state index contributed by atoms with van der Waals surface area (Å²) in [5.74, 6) is 6.21. The third-order valence-electron chi connectivity index (χ3n) is 6.82. The molecule has 0 radical (unpaired) electrons. The number of anilines is 1. The van der Waals surface area contributed by atoms with Gasteiger partial charge in [-0.3, -0.25) is 19.7 Å². The van der Waals surface area contributed by atoms with E-state index in [1.54, 1.807) is 18.3 Å². The first-order valence-corrected chi connectivity index (χ1v) is 14.0. The molecule has 4 N–H and O–H groups in total. The molecule has 1 aliphatic heterocycles. The first-order chi connectivity index (χ1) is 20.6. The maximum Gasteiger partial charge on any atom is 0.416 e. The van der Waals surface area contributed by atoms with Gasteiger partial charge in [-0.1, -0.05) is 25.3 Å². The highest BCUT2D eigenvalue weighted by molar-refractivity contribution is 6.04. The molecule has 1 aliphatic rings. The Bertz CT molecular complexity index is 1530. The Morgan fingerprint density at radius 3 is 2.70 bits per heavy atom. The fourth-order valence-corrected chi connectivity index (χ4v) is 4.35. The summed E-state index contributed by atoms with van der Waals surface area (Å²) in [5, 5.41) is 2.56. The summed E-state index contributed by atoms with van der Waals surface area (Å²) in [7, 11) is 1.99. The van der Waals surface area contributed by atoms with Crippen LogP contribution in [0.25, 0.3) is 6.08 Å². The lowest BCUT2D eigenvalue weighted by Crippen LogP contribution is -2.44. The van der Waals surface area contributed by atoms with Gasteiger partial charge in [0.15, 0.2) is 0 Å². The molecular weight excluding hydrogens is 557 g/mol. The molecule has 0 spiro atoms. The number of imidazole rings is 1. The highest BCUT2D eigenvalue weighted by atomic mass is 19.4. The van der Waals surface area contributed by atoms with Crippen molar-refractivity contribution in [2.75, 3.05) is 45.1 Å².